The first kappa shape index (κ1) is 13.7. The van der Waals surface area contributed by atoms with Gasteiger partial charge in [0.1, 0.15) is 0 Å². The van der Waals surface area contributed by atoms with Crippen LogP contribution in [0.25, 0.3) is 0 Å². The Kier molecular flexibility index (Phi) is 3.94. The Morgan fingerprint density at radius 1 is 1.74 bits per heavy atom. The fourth-order valence-corrected chi connectivity index (χ4v) is 1.90. The van der Waals surface area contributed by atoms with Crippen LogP contribution in [-0.2, 0) is 9.57 Å². The van der Waals surface area contributed by atoms with Crippen LogP contribution in [0, 0.1) is 0 Å². The van der Waals surface area contributed by atoms with E-state index in [0.717, 1.165) is 5.61 Å². The fourth-order valence-electron chi connectivity index (χ4n) is 1.72. The highest BCUT2D eigenvalue weighted by molar-refractivity contribution is 6.59. The van der Waals surface area contributed by atoms with Crippen molar-refractivity contribution in [3.63, 3.8) is 0 Å². The van der Waals surface area contributed by atoms with Crippen LogP contribution in [0.3, 0.4) is 0 Å². The summed E-state index contributed by atoms with van der Waals surface area (Å²) < 4.78 is 4.89. The summed E-state index contributed by atoms with van der Waals surface area (Å²) in [5.74, 6) is -0.600. The molecule has 0 spiro atoms. The molecule has 0 saturated carbocycles. The van der Waals surface area contributed by atoms with E-state index in [0.29, 0.717) is 12.1 Å². The number of carbonyl (C=O) groups is 1. The van der Waals surface area contributed by atoms with Crippen molar-refractivity contribution >= 4 is 36.7 Å². The van der Waals surface area contributed by atoms with Crippen molar-refractivity contribution in [3.05, 3.63) is 22.5 Å². The van der Waals surface area contributed by atoms with Gasteiger partial charge in [-0.2, -0.15) is 0 Å². The molecule has 0 radical (unpaired) electrons. The third kappa shape index (κ3) is 2.81. The molecular weight excluding hydrogens is 268 g/mol. The summed E-state index contributed by atoms with van der Waals surface area (Å²) in [6.07, 6.45) is 0.267. The average molecular weight is 282 g/mol. The third-order valence-electron chi connectivity index (χ3n) is 2.62. The topological polar surface area (TPSA) is 86.8 Å². The number of ether oxygens (including phenoxy) is 1. The lowest BCUT2D eigenvalue weighted by Crippen LogP contribution is -2.13. The average Bonchev–Trinajstić information content (AvgIpc) is 2.79. The predicted molar refractivity (Wildman–Crippen MR) is 74.0 cm³/mol. The number of anilines is 1. The molecular formula is C11H13BClN3O3. The van der Waals surface area contributed by atoms with Crippen LogP contribution in [0.2, 0.25) is 5.02 Å². The quantitative estimate of drug-likeness (QED) is 0.657. The van der Waals surface area contributed by atoms with Crippen LogP contribution in [-0.4, -0.2) is 31.0 Å². The zero-order chi connectivity index (χ0) is 14.0. The second-order valence-corrected chi connectivity index (χ2v) is 4.52. The maximum Gasteiger partial charge on any atom is 0.358 e. The Morgan fingerprint density at radius 2 is 2.47 bits per heavy atom. The van der Waals surface area contributed by atoms with Crippen molar-refractivity contribution in [2.75, 3.05) is 12.3 Å². The van der Waals surface area contributed by atoms with Crippen LogP contribution in [0.15, 0.2) is 11.2 Å². The van der Waals surface area contributed by atoms with Crippen LogP contribution < -0.4 is 5.73 Å². The molecule has 8 heteroatoms. The number of oxime groups is 1. The van der Waals surface area contributed by atoms with E-state index in [2.05, 4.69) is 10.1 Å². The summed E-state index contributed by atoms with van der Waals surface area (Å²) in [7, 11) is 1.85. The van der Waals surface area contributed by atoms with E-state index in [1.54, 1.807) is 13.0 Å². The first-order chi connectivity index (χ1) is 9.02. The fraction of sp³-hybridized carbons (Fsp3) is 0.364. The first-order valence-electron chi connectivity index (χ1n) is 5.85. The van der Waals surface area contributed by atoms with Gasteiger partial charge in [-0.05, 0) is 13.0 Å². The highest BCUT2D eigenvalue weighted by Crippen LogP contribution is 2.30. The van der Waals surface area contributed by atoms with Crippen molar-refractivity contribution in [1.82, 2.24) is 4.98 Å². The number of nitrogens with two attached hydrogens (primary N) is 1. The second kappa shape index (κ2) is 5.48. The number of pyridine rings is 1. The number of nitrogen functional groups attached to an aromatic ring is 1. The molecule has 1 unspecified atom stereocenters. The van der Waals surface area contributed by atoms with Gasteiger partial charge in [0.25, 0.3) is 0 Å². The lowest BCUT2D eigenvalue weighted by Gasteiger charge is -2.12. The molecule has 0 aromatic carbocycles. The SMILES string of the molecule is BC1=NOC(c2cc(N)c(Cl)c(C(=O)OCC)n2)C1. The van der Waals surface area contributed by atoms with Gasteiger partial charge in [-0.25, -0.2) is 9.78 Å². The van der Waals surface area contributed by atoms with Gasteiger partial charge in [-0.15, -0.1) is 5.16 Å². The van der Waals surface area contributed by atoms with Crippen LogP contribution >= 0.6 is 11.6 Å². The zero-order valence-corrected chi connectivity index (χ0v) is 11.4. The Bertz CT molecular complexity index is 550. The summed E-state index contributed by atoms with van der Waals surface area (Å²) in [5, 5.41) is 3.94. The normalized spacial score (nSPS) is 17.8. The van der Waals surface area contributed by atoms with E-state index >= 15 is 0 Å². The van der Waals surface area contributed by atoms with Crippen molar-refractivity contribution < 1.29 is 14.4 Å². The molecule has 6 nitrogen and oxygen atoms in total. The number of aromatic nitrogens is 1. The molecule has 2 N–H and O–H groups in total. The van der Waals surface area contributed by atoms with Crippen LogP contribution in [0.1, 0.15) is 35.6 Å². The smallest absolute Gasteiger partial charge is 0.358 e. The number of esters is 1. The number of carbonyl (C=O) groups excluding carboxylic acids is 1. The van der Waals surface area contributed by atoms with Crippen molar-refractivity contribution in [1.29, 1.82) is 0 Å². The van der Waals surface area contributed by atoms with Crippen LogP contribution in [0.4, 0.5) is 5.69 Å². The molecule has 100 valence electrons. The maximum atomic E-state index is 11.8. The molecule has 0 amide bonds. The van der Waals surface area contributed by atoms with Crippen molar-refractivity contribution in [2.45, 2.75) is 19.4 Å². The van der Waals surface area contributed by atoms with E-state index in [4.69, 9.17) is 26.9 Å². The Hall–Kier alpha value is -1.76. The van der Waals surface area contributed by atoms with Crippen molar-refractivity contribution in [3.8, 4) is 0 Å². The van der Waals surface area contributed by atoms with Gasteiger partial charge < -0.3 is 15.3 Å². The molecule has 1 aromatic rings. The monoisotopic (exact) mass is 281 g/mol. The van der Waals surface area contributed by atoms with E-state index in [9.17, 15) is 4.79 Å². The molecule has 0 aliphatic carbocycles. The summed E-state index contributed by atoms with van der Waals surface area (Å²) >= 11 is 5.97. The number of halogens is 1. The lowest BCUT2D eigenvalue weighted by molar-refractivity contribution is 0.0516. The number of rotatable bonds is 3. The van der Waals surface area contributed by atoms with E-state index in [1.807, 2.05) is 7.85 Å². The minimum atomic E-state index is -0.600. The summed E-state index contributed by atoms with van der Waals surface area (Å²) in [5.41, 5.74) is 7.44. The number of hydrogen-bond donors (Lipinski definition) is 1. The molecule has 2 heterocycles. The molecule has 0 saturated heterocycles. The largest absolute Gasteiger partial charge is 0.461 e. The first-order valence-corrected chi connectivity index (χ1v) is 6.23. The van der Waals surface area contributed by atoms with E-state index < -0.39 is 5.97 Å². The molecule has 0 bridgehead atoms. The molecule has 1 atom stereocenters. The van der Waals surface area contributed by atoms with Crippen molar-refractivity contribution in [2.24, 2.45) is 5.16 Å². The van der Waals surface area contributed by atoms with Gasteiger partial charge in [0.05, 0.1) is 23.0 Å². The molecule has 1 aliphatic heterocycles. The Labute approximate surface area is 116 Å². The standard InChI is InChI=1S/C11H13BClN3O3/c1-2-18-11(17)10-9(13)5(14)3-6(15-10)7-4-8(12)16-19-7/h3,7H,2,4,12H2,1H3,(H2,14,15). The molecule has 19 heavy (non-hydrogen) atoms. The van der Waals surface area contributed by atoms with Crippen LogP contribution in [0.5, 0.6) is 0 Å². The minimum Gasteiger partial charge on any atom is -0.461 e. The Balaban J connectivity index is 2.34. The predicted octanol–water partition coefficient (Wildman–Crippen LogP) is 0.902. The summed E-state index contributed by atoms with van der Waals surface area (Å²) in [6, 6.07) is 1.59. The summed E-state index contributed by atoms with van der Waals surface area (Å²) in [6.45, 7) is 1.94. The van der Waals surface area contributed by atoms with E-state index in [1.165, 1.54) is 0 Å². The molecule has 1 aromatic heterocycles. The highest BCUT2D eigenvalue weighted by atomic mass is 35.5. The number of nitrogens with zero attached hydrogens (tertiary/aromatic N) is 2. The van der Waals surface area contributed by atoms with Gasteiger partial charge in [-0.3, -0.25) is 0 Å². The zero-order valence-electron chi connectivity index (χ0n) is 10.6. The van der Waals surface area contributed by atoms with Gasteiger partial charge in [0.15, 0.2) is 19.6 Å². The van der Waals surface area contributed by atoms with Gasteiger partial charge in [0, 0.05) is 12.0 Å². The molecule has 1 aliphatic rings. The molecule has 2 rings (SSSR count). The van der Waals surface area contributed by atoms with Gasteiger partial charge in [-0.1, -0.05) is 11.6 Å². The second-order valence-electron chi connectivity index (χ2n) is 4.14. The van der Waals surface area contributed by atoms with Gasteiger partial charge in [0.2, 0.25) is 0 Å². The van der Waals surface area contributed by atoms with E-state index in [-0.39, 0.29) is 29.1 Å². The maximum absolute atomic E-state index is 11.8. The molecule has 0 fully saturated rings. The Morgan fingerprint density at radius 3 is 3.05 bits per heavy atom. The third-order valence-corrected chi connectivity index (χ3v) is 3.02. The van der Waals surface area contributed by atoms with Gasteiger partial charge >= 0.3 is 5.97 Å². The lowest BCUT2D eigenvalue weighted by atomic mass is 9.95. The summed E-state index contributed by atoms with van der Waals surface area (Å²) in [4.78, 5) is 21.2. The minimum absolute atomic E-state index is 0.00618. The highest BCUT2D eigenvalue weighted by Gasteiger charge is 2.25. The number of hydrogen-bond acceptors (Lipinski definition) is 6.